The lowest BCUT2D eigenvalue weighted by Crippen LogP contribution is -2.37. The maximum absolute atomic E-state index is 11.5. The lowest BCUT2D eigenvalue weighted by Gasteiger charge is -2.19. The van der Waals surface area contributed by atoms with Crippen molar-refractivity contribution in [1.82, 2.24) is 0 Å². The van der Waals surface area contributed by atoms with Gasteiger partial charge in [-0.1, -0.05) is 11.6 Å². The molecule has 0 radical (unpaired) electrons. The minimum atomic E-state index is -0.676. The fraction of sp³-hybridized carbons (Fsp3) is 0.417. The van der Waals surface area contributed by atoms with Crippen LogP contribution in [0, 0.1) is 0 Å². The quantitative estimate of drug-likeness (QED) is 0.767. The number of nitrogens with two attached hydrogens (primary N) is 1. The summed E-state index contributed by atoms with van der Waals surface area (Å²) in [7, 11) is 4.30. The molecule has 1 unspecified atom stereocenters. The van der Waals surface area contributed by atoms with Crippen molar-refractivity contribution in [3.63, 3.8) is 0 Å². The highest BCUT2D eigenvalue weighted by Gasteiger charge is 2.20. The molecular weight excluding hydrogens is 272 g/mol. The number of carbonyl (C=O) groups is 1. The van der Waals surface area contributed by atoms with E-state index in [4.69, 9.17) is 26.8 Å². The molecule has 3 N–H and O–H groups in total. The number of hydrogen-bond donors (Lipinski definition) is 2. The van der Waals surface area contributed by atoms with Crippen molar-refractivity contribution in [1.29, 1.82) is 0 Å². The van der Waals surface area contributed by atoms with Crippen molar-refractivity contribution in [2.24, 2.45) is 5.73 Å². The van der Waals surface area contributed by atoms with E-state index < -0.39 is 12.0 Å². The van der Waals surface area contributed by atoms with Gasteiger partial charge in [0.15, 0.2) is 0 Å². The largest absolute Gasteiger partial charge is 0.495 e. The molecule has 0 aromatic heterocycles. The van der Waals surface area contributed by atoms with Crippen LogP contribution in [0.15, 0.2) is 12.1 Å². The minimum absolute atomic E-state index is 0.0841. The Balaban J connectivity index is 3.07. The Hall–Kier alpha value is -1.66. The van der Waals surface area contributed by atoms with Gasteiger partial charge < -0.3 is 25.3 Å². The number of nitrogens with one attached hydrogen (secondary N) is 1. The van der Waals surface area contributed by atoms with Crippen LogP contribution in [0.25, 0.3) is 0 Å². The van der Waals surface area contributed by atoms with Crippen molar-refractivity contribution in [2.75, 3.05) is 33.2 Å². The maximum Gasteiger partial charge on any atom is 0.329 e. The number of hydrogen-bond acceptors (Lipinski definition) is 6. The summed E-state index contributed by atoms with van der Waals surface area (Å²) in [5.74, 6) is 0.484. The third-order valence-electron chi connectivity index (χ3n) is 2.53. The highest BCUT2D eigenvalue weighted by Crippen LogP contribution is 2.36. The van der Waals surface area contributed by atoms with Gasteiger partial charge in [0.1, 0.15) is 17.5 Å². The van der Waals surface area contributed by atoms with E-state index in [0.29, 0.717) is 22.2 Å². The molecule has 0 aliphatic heterocycles. The zero-order valence-corrected chi connectivity index (χ0v) is 11.8. The zero-order valence-electron chi connectivity index (χ0n) is 11.0. The molecule has 0 saturated carbocycles. The van der Waals surface area contributed by atoms with Crippen LogP contribution in [0.3, 0.4) is 0 Å². The van der Waals surface area contributed by atoms with Crippen LogP contribution in [0.4, 0.5) is 5.69 Å². The second-order valence-electron chi connectivity index (χ2n) is 3.64. The predicted octanol–water partition coefficient (Wildman–Crippen LogP) is 1.27. The average Bonchev–Trinajstić information content (AvgIpc) is 2.44. The van der Waals surface area contributed by atoms with Crippen molar-refractivity contribution >= 4 is 23.3 Å². The Bertz CT molecular complexity index is 454. The first-order valence-corrected chi connectivity index (χ1v) is 5.91. The van der Waals surface area contributed by atoms with Crippen molar-refractivity contribution < 1.29 is 19.0 Å². The van der Waals surface area contributed by atoms with E-state index >= 15 is 0 Å². The van der Waals surface area contributed by atoms with Gasteiger partial charge in [-0.15, -0.1) is 0 Å². The van der Waals surface area contributed by atoms with E-state index in [1.165, 1.54) is 21.3 Å². The van der Waals surface area contributed by atoms with Gasteiger partial charge in [-0.3, -0.25) is 0 Å². The fourth-order valence-corrected chi connectivity index (χ4v) is 1.75. The maximum atomic E-state index is 11.5. The molecule has 1 aromatic carbocycles. The lowest BCUT2D eigenvalue weighted by atomic mass is 10.2. The van der Waals surface area contributed by atoms with E-state index in [0.717, 1.165) is 0 Å². The van der Waals surface area contributed by atoms with E-state index in [-0.39, 0.29) is 6.54 Å². The summed E-state index contributed by atoms with van der Waals surface area (Å²) in [5, 5.41) is 3.35. The van der Waals surface area contributed by atoms with Crippen LogP contribution >= 0.6 is 11.6 Å². The molecule has 0 aliphatic carbocycles. The van der Waals surface area contributed by atoms with Crippen LogP contribution in [0.2, 0.25) is 5.02 Å². The first-order chi connectivity index (χ1) is 9.07. The van der Waals surface area contributed by atoms with Gasteiger partial charge in [-0.2, -0.15) is 0 Å². The van der Waals surface area contributed by atoms with Crippen LogP contribution in [0.5, 0.6) is 11.5 Å². The molecular formula is C12H17ClN2O4. The highest BCUT2D eigenvalue weighted by molar-refractivity contribution is 6.32. The number of rotatable bonds is 6. The summed E-state index contributed by atoms with van der Waals surface area (Å²) >= 11 is 5.99. The monoisotopic (exact) mass is 288 g/mol. The third kappa shape index (κ3) is 3.65. The Morgan fingerprint density at radius 3 is 2.42 bits per heavy atom. The van der Waals surface area contributed by atoms with Gasteiger partial charge in [-0.25, -0.2) is 4.79 Å². The normalized spacial score (nSPS) is 11.6. The number of esters is 1. The zero-order chi connectivity index (χ0) is 14.4. The van der Waals surface area contributed by atoms with Gasteiger partial charge >= 0.3 is 5.97 Å². The topological polar surface area (TPSA) is 82.8 Å². The summed E-state index contributed by atoms with van der Waals surface area (Å²) in [6.45, 7) is 0.0841. The van der Waals surface area contributed by atoms with Crippen LogP contribution in [0.1, 0.15) is 0 Å². The second-order valence-corrected chi connectivity index (χ2v) is 4.05. The van der Waals surface area contributed by atoms with Crippen molar-refractivity contribution in [2.45, 2.75) is 6.04 Å². The number of methoxy groups -OCH3 is 3. The first kappa shape index (κ1) is 15.4. The first-order valence-electron chi connectivity index (χ1n) is 5.53. The number of carbonyl (C=O) groups excluding carboxylic acids is 1. The van der Waals surface area contributed by atoms with Crippen LogP contribution in [-0.2, 0) is 9.53 Å². The predicted molar refractivity (Wildman–Crippen MR) is 73.0 cm³/mol. The van der Waals surface area contributed by atoms with Crippen LogP contribution in [-0.4, -0.2) is 39.9 Å². The SMILES string of the molecule is COC(=O)C(CN)Nc1cc(OC)c(Cl)cc1OC. The molecule has 1 atom stereocenters. The Labute approximate surface area is 116 Å². The molecule has 7 heteroatoms. The standard InChI is InChI=1S/C12H17ClN2O4/c1-17-10-5-8(11(18-2)4-7(10)13)15-9(6-14)12(16)19-3/h4-5,9,15H,6,14H2,1-3H3. The van der Waals surface area contributed by atoms with E-state index in [1.54, 1.807) is 12.1 Å². The smallest absolute Gasteiger partial charge is 0.329 e. The molecule has 6 nitrogen and oxygen atoms in total. The summed E-state index contributed by atoms with van der Waals surface area (Å²) in [5.41, 5.74) is 6.07. The molecule has 0 amide bonds. The van der Waals surface area contributed by atoms with Gasteiger partial charge in [0.25, 0.3) is 0 Å². The molecule has 0 heterocycles. The molecule has 0 bridgehead atoms. The average molecular weight is 289 g/mol. The number of anilines is 1. The molecule has 1 aromatic rings. The Morgan fingerprint density at radius 1 is 1.32 bits per heavy atom. The number of halogens is 1. The summed E-state index contributed by atoms with van der Waals surface area (Å²) in [6, 6.07) is 2.55. The lowest BCUT2D eigenvalue weighted by molar-refractivity contribution is -0.141. The van der Waals surface area contributed by atoms with Crippen molar-refractivity contribution in [3.05, 3.63) is 17.2 Å². The van der Waals surface area contributed by atoms with Gasteiger partial charge in [-0.05, 0) is 0 Å². The van der Waals surface area contributed by atoms with E-state index in [9.17, 15) is 4.79 Å². The Kier molecular flexibility index (Phi) is 5.72. The molecule has 0 fully saturated rings. The fourth-order valence-electron chi connectivity index (χ4n) is 1.52. The number of benzene rings is 1. The van der Waals surface area contributed by atoms with Gasteiger partial charge in [0.2, 0.25) is 0 Å². The minimum Gasteiger partial charge on any atom is -0.495 e. The van der Waals surface area contributed by atoms with E-state index in [1.807, 2.05) is 0 Å². The van der Waals surface area contributed by atoms with E-state index in [2.05, 4.69) is 10.1 Å². The summed E-state index contributed by atoms with van der Waals surface area (Å²) in [6.07, 6.45) is 0. The molecule has 1 rings (SSSR count). The molecule has 0 saturated heterocycles. The molecule has 0 spiro atoms. The van der Waals surface area contributed by atoms with Crippen molar-refractivity contribution in [3.8, 4) is 11.5 Å². The Morgan fingerprint density at radius 2 is 1.95 bits per heavy atom. The van der Waals surface area contributed by atoms with Crippen LogP contribution < -0.4 is 20.5 Å². The molecule has 0 aliphatic rings. The molecule has 106 valence electrons. The summed E-state index contributed by atoms with van der Waals surface area (Å²) in [4.78, 5) is 11.5. The molecule has 19 heavy (non-hydrogen) atoms. The summed E-state index contributed by atoms with van der Waals surface area (Å²) < 4.78 is 15.0. The highest BCUT2D eigenvalue weighted by atomic mass is 35.5. The van der Waals surface area contributed by atoms with Gasteiger partial charge in [0.05, 0.1) is 32.0 Å². The second kappa shape index (κ2) is 7.06. The number of ether oxygens (including phenoxy) is 3. The third-order valence-corrected chi connectivity index (χ3v) is 2.82. The van der Waals surface area contributed by atoms with Gasteiger partial charge in [0, 0.05) is 18.7 Å².